The lowest BCUT2D eigenvalue weighted by molar-refractivity contribution is -0.151. The number of alkyl carbamates (subject to hydrolysis) is 1. The van der Waals surface area contributed by atoms with Gasteiger partial charge in [0.1, 0.15) is 18.8 Å². The minimum Gasteiger partial charge on any atom is -0.461 e. The third kappa shape index (κ3) is 7.00. The minimum absolute atomic E-state index is 0.0544. The fraction of sp³-hybridized carbons (Fsp3) is 0.433. The Bertz CT molecular complexity index is 1060. The molecule has 37 heavy (non-hydrogen) atoms. The van der Waals surface area contributed by atoms with Gasteiger partial charge in [0.25, 0.3) is 0 Å². The Balaban J connectivity index is 1.33. The molecule has 1 unspecified atom stereocenters. The molecule has 196 valence electrons. The van der Waals surface area contributed by atoms with Crippen LogP contribution in [0.15, 0.2) is 61.2 Å². The van der Waals surface area contributed by atoms with E-state index in [0.29, 0.717) is 25.8 Å². The SMILES string of the molecule is C=CCC(=O)NCCCCC(NC(=O)OCC1c2ccccc2-c2ccccc21)C(=O)OC1CCCC1. The Hall–Kier alpha value is -3.61. The van der Waals surface area contributed by atoms with Crippen LogP contribution in [-0.2, 0) is 19.1 Å². The highest BCUT2D eigenvalue weighted by molar-refractivity contribution is 5.82. The van der Waals surface area contributed by atoms with E-state index in [4.69, 9.17) is 9.47 Å². The van der Waals surface area contributed by atoms with Crippen LogP contribution >= 0.6 is 0 Å². The molecule has 0 radical (unpaired) electrons. The van der Waals surface area contributed by atoms with Gasteiger partial charge >= 0.3 is 12.1 Å². The van der Waals surface area contributed by atoms with Gasteiger partial charge in [-0.15, -0.1) is 6.58 Å². The maximum atomic E-state index is 12.9. The van der Waals surface area contributed by atoms with Gasteiger partial charge in [0.2, 0.25) is 5.91 Å². The summed E-state index contributed by atoms with van der Waals surface area (Å²) in [5.74, 6) is -0.554. The van der Waals surface area contributed by atoms with Gasteiger partial charge in [-0.05, 0) is 67.2 Å². The lowest BCUT2D eigenvalue weighted by Gasteiger charge is -2.21. The number of rotatable bonds is 12. The van der Waals surface area contributed by atoms with E-state index in [-0.39, 0.29) is 31.0 Å². The van der Waals surface area contributed by atoms with Crippen molar-refractivity contribution in [2.75, 3.05) is 13.2 Å². The van der Waals surface area contributed by atoms with Gasteiger partial charge in [-0.3, -0.25) is 4.79 Å². The molecule has 2 aromatic rings. The fourth-order valence-corrected chi connectivity index (χ4v) is 5.19. The largest absolute Gasteiger partial charge is 0.461 e. The summed E-state index contributed by atoms with van der Waals surface area (Å²) in [6.45, 7) is 4.24. The van der Waals surface area contributed by atoms with Gasteiger partial charge in [-0.25, -0.2) is 9.59 Å². The Morgan fingerprint density at radius 2 is 1.62 bits per heavy atom. The first-order valence-electron chi connectivity index (χ1n) is 13.3. The van der Waals surface area contributed by atoms with Gasteiger partial charge in [0, 0.05) is 18.9 Å². The molecule has 2 amide bonds. The average Bonchev–Trinajstić information content (AvgIpc) is 3.52. The van der Waals surface area contributed by atoms with Crippen LogP contribution in [0.2, 0.25) is 0 Å². The summed E-state index contributed by atoms with van der Waals surface area (Å²) in [6, 6.07) is 15.5. The maximum Gasteiger partial charge on any atom is 0.407 e. The lowest BCUT2D eigenvalue weighted by Crippen LogP contribution is -2.43. The second kappa shape index (κ2) is 13.1. The van der Waals surface area contributed by atoms with E-state index in [0.717, 1.165) is 47.9 Å². The third-order valence-electron chi connectivity index (χ3n) is 7.08. The van der Waals surface area contributed by atoms with E-state index in [1.807, 2.05) is 24.3 Å². The molecule has 1 saturated carbocycles. The molecule has 0 heterocycles. The Morgan fingerprint density at radius 3 is 2.27 bits per heavy atom. The minimum atomic E-state index is -0.792. The van der Waals surface area contributed by atoms with Crippen LogP contribution < -0.4 is 10.6 Å². The number of benzene rings is 2. The number of carbonyl (C=O) groups excluding carboxylic acids is 3. The topological polar surface area (TPSA) is 93.7 Å². The van der Waals surface area contributed by atoms with Gasteiger partial charge < -0.3 is 20.1 Å². The van der Waals surface area contributed by atoms with Crippen LogP contribution in [0.25, 0.3) is 11.1 Å². The predicted octanol–water partition coefficient (Wildman–Crippen LogP) is 5.24. The molecule has 7 heteroatoms. The summed E-state index contributed by atoms with van der Waals surface area (Å²) in [5, 5.41) is 5.56. The monoisotopic (exact) mass is 504 g/mol. The van der Waals surface area contributed by atoms with Crippen molar-refractivity contribution in [3.63, 3.8) is 0 Å². The number of carbonyl (C=O) groups is 3. The molecular weight excluding hydrogens is 468 g/mol. The van der Waals surface area contributed by atoms with Crippen molar-refractivity contribution in [2.24, 2.45) is 0 Å². The Labute approximate surface area is 218 Å². The van der Waals surface area contributed by atoms with E-state index in [1.165, 1.54) is 0 Å². The van der Waals surface area contributed by atoms with Crippen molar-refractivity contribution in [1.29, 1.82) is 0 Å². The maximum absolute atomic E-state index is 12.9. The van der Waals surface area contributed by atoms with E-state index < -0.39 is 18.1 Å². The van der Waals surface area contributed by atoms with Gasteiger partial charge in [-0.2, -0.15) is 0 Å². The van der Waals surface area contributed by atoms with E-state index in [1.54, 1.807) is 6.08 Å². The van der Waals surface area contributed by atoms with E-state index >= 15 is 0 Å². The van der Waals surface area contributed by atoms with Crippen LogP contribution in [0.4, 0.5) is 4.79 Å². The molecule has 1 atom stereocenters. The zero-order valence-electron chi connectivity index (χ0n) is 21.2. The summed E-state index contributed by atoms with van der Waals surface area (Å²) in [7, 11) is 0. The van der Waals surface area contributed by atoms with E-state index in [9.17, 15) is 14.4 Å². The summed E-state index contributed by atoms with van der Waals surface area (Å²) in [5.41, 5.74) is 4.58. The van der Waals surface area contributed by atoms with E-state index in [2.05, 4.69) is 41.5 Å². The highest BCUT2D eigenvalue weighted by atomic mass is 16.6. The highest BCUT2D eigenvalue weighted by Crippen LogP contribution is 2.44. The molecule has 7 nitrogen and oxygen atoms in total. The zero-order valence-corrected chi connectivity index (χ0v) is 21.2. The number of amides is 2. The number of hydrogen-bond acceptors (Lipinski definition) is 5. The van der Waals surface area contributed by atoms with Crippen LogP contribution in [-0.4, -0.2) is 43.3 Å². The molecule has 2 aliphatic carbocycles. The smallest absolute Gasteiger partial charge is 0.407 e. The van der Waals surface area contributed by atoms with Crippen molar-refractivity contribution in [2.45, 2.75) is 69.4 Å². The summed E-state index contributed by atoms with van der Waals surface area (Å²) in [6.07, 6.45) is 6.67. The first-order valence-corrected chi connectivity index (χ1v) is 13.3. The number of hydrogen-bond donors (Lipinski definition) is 2. The molecule has 0 saturated heterocycles. The Kier molecular flexibility index (Phi) is 9.35. The molecule has 2 N–H and O–H groups in total. The van der Waals surface area contributed by atoms with Gasteiger partial charge in [0.05, 0.1) is 0 Å². The summed E-state index contributed by atoms with van der Waals surface area (Å²) < 4.78 is 11.3. The summed E-state index contributed by atoms with van der Waals surface area (Å²) in [4.78, 5) is 37.3. The quantitative estimate of drug-likeness (QED) is 0.234. The first-order chi connectivity index (χ1) is 18.1. The first kappa shape index (κ1) is 26.5. The average molecular weight is 505 g/mol. The van der Waals surface area contributed by atoms with Crippen LogP contribution in [0, 0.1) is 0 Å². The number of nitrogens with one attached hydrogen (secondary N) is 2. The van der Waals surface area contributed by atoms with Crippen molar-refractivity contribution in [3.05, 3.63) is 72.3 Å². The third-order valence-corrected chi connectivity index (χ3v) is 7.08. The van der Waals surface area contributed by atoms with Crippen LogP contribution in [0.3, 0.4) is 0 Å². The van der Waals surface area contributed by atoms with Gasteiger partial charge in [-0.1, -0.05) is 54.6 Å². The van der Waals surface area contributed by atoms with Crippen molar-refractivity contribution >= 4 is 18.0 Å². The number of fused-ring (bicyclic) bond motifs is 3. The standard InChI is InChI=1S/C30H36N2O5/c1-2-11-28(33)31-19-10-9-18-27(29(34)37-21-12-3-4-13-21)32-30(35)36-20-26-24-16-7-5-14-22(24)23-15-6-8-17-25(23)26/h2,5-8,14-17,21,26-27H,1,3-4,9-13,18-20H2,(H,31,33)(H,32,35). The second-order valence-electron chi connectivity index (χ2n) is 9.70. The highest BCUT2D eigenvalue weighted by Gasteiger charge is 2.31. The van der Waals surface area contributed by atoms with Crippen molar-refractivity contribution in [3.8, 4) is 11.1 Å². The van der Waals surface area contributed by atoms with Crippen molar-refractivity contribution < 1.29 is 23.9 Å². The fourth-order valence-electron chi connectivity index (χ4n) is 5.19. The lowest BCUT2D eigenvalue weighted by atomic mass is 9.98. The van der Waals surface area contributed by atoms with Gasteiger partial charge in [0.15, 0.2) is 0 Å². The molecule has 4 rings (SSSR count). The summed E-state index contributed by atoms with van der Waals surface area (Å²) >= 11 is 0. The molecule has 0 aromatic heterocycles. The molecule has 0 aliphatic heterocycles. The second-order valence-corrected chi connectivity index (χ2v) is 9.70. The molecule has 2 aromatic carbocycles. The zero-order chi connectivity index (χ0) is 26.0. The molecular formula is C30H36N2O5. The normalized spacial score (nSPS) is 15.4. The van der Waals surface area contributed by atoms with Crippen LogP contribution in [0.1, 0.15) is 68.4 Å². The molecule has 0 bridgehead atoms. The molecule has 1 fully saturated rings. The molecule has 2 aliphatic rings. The number of unbranched alkanes of at least 4 members (excludes halogenated alkanes) is 1. The van der Waals surface area contributed by atoms with Crippen molar-refractivity contribution in [1.82, 2.24) is 10.6 Å². The number of esters is 1. The van der Waals surface area contributed by atoms with Crippen LogP contribution in [0.5, 0.6) is 0 Å². The Morgan fingerprint density at radius 1 is 0.973 bits per heavy atom. The predicted molar refractivity (Wildman–Crippen MR) is 142 cm³/mol. The molecule has 0 spiro atoms. The number of ether oxygens (including phenoxy) is 2.